The summed E-state index contributed by atoms with van der Waals surface area (Å²) in [6.45, 7) is 3.96. The van der Waals surface area contributed by atoms with Crippen LogP contribution in [0.25, 0.3) is 6.08 Å². The molecule has 1 aromatic heterocycles. The minimum Gasteiger partial charge on any atom is -0.493 e. The Hall–Kier alpha value is -3.12. The number of aromatic nitrogens is 1. The standard InChI is InChI=1S/C31H25Cl2IN2O5S/c1-4-40-30(38)26-17(2)35-31-36(27(26)19-8-6-5-7-9-19)29(37)25(42-31)14-18-12-23(34)28(24(13-18)39-3)41-16-20-10-11-21(32)15-22(20)33/h5-15,27H,4,16H2,1-3H3. The molecule has 1 aliphatic rings. The molecule has 2 heterocycles. The van der Waals surface area contributed by atoms with Crippen molar-refractivity contribution in [2.75, 3.05) is 13.7 Å². The summed E-state index contributed by atoms with van der Waals surface area (Å²) in [6, 6.07) is 17.7. The highest BCUT2D eigenvalue weighted by Gasteiger charge is 2.33. The molecule has 1 atom stereocenters. The molecule has 0 aliphatic carbocycles. The minimum atomic E-state index is -0.659. The third kappa shape index (κ3) is 6.15. The van der Waals surface area contributed by atoms with Crippen molar-refractivity contribution in [3.63, 3.8) is 0 Å². The summed E-state index contributed by atoms with van der Waals surface area (Å²) in [4.78, 5) is 32.1. The van der Waals surface area contributed by atoms with Gasteiger partial charge < -0.3 is 14.2 Å². The third-order valence-electron chi connectivity index (χ3n) is 6.57. The van der Waals surface area contributed by atoms with Crippen LogP contribution in [0.3, 0.4) is 0 Å². The fourth-order valence-electron chi connectivity index (χ4n) is 4.65. The number of ether oxygens (including phenoxy) is 3. The normalized spacial score (nSPS) is 14.8. The van der Waals surface area contributed by atoms with Gasteiger partial charge in [0.15, 0.2) is 16.3 Å². The molecule has 0 radical (unpaired) electrons. The van der Waals surface area contributed by atoms with Crippen LogP contribution in [0, 0.1) is 3.57 Å². The molecular formula is C31H25Cl2IN2O5S. The van der Waals surface area contributed by atoms with Crippen molar-refractivity contribution in [2.45, 2.75) is 26.5 Å². The van der Waals surface area contributed by atoms with E-state index in [4.69, 9.17) is 37.4 Å². The van der Waals surface area contributed by atoms with Crippen molar-refractivity contribution in [3.8, 4) is 11.5 Å². The minimum absolute atomic E-state index is 0.217. The van der Waals surface area contributed by atoms with Crippen molar-refractivity contribution in [1.29, 1.82) is 0 Å². The van der Waals surface area contributed by atoms with E-state index >= 15 is 0 Å². The van der Waals surface area contributed by atoms with Crippen LogP contribution in [0.5, 0.6) is 11.5 Å². The number of hydrogen-bond donors (Lipinski definition) is 0. The molecule has 11 heteroatoms. The van der Waals surface area contributed by atoms with E-state index in [-0.39, 0.29) is 18.8 Å². The first-order chi connectivity index (χ1) is 20.2. The second kappa shape index (κ2) is 13.0. The van der Waals surface area contributed by atoms with Gasteiger partial charge in [-0.3, -0.25) is 9.36 Å². The monoisotopic (exact) mass is 734 g/mol. The number of halogens is 3. The Morgan fingerprint density at radius 1 is 1.14 bits per heavy atom. The van der Waals surface area contributed by atoms with Crippen molar-refractivity contribution >= 4 is 69.2 Å². The van der Waals surface area contributed by atoms with E-state index in [1.807, 2.05) is 48.5 Å². The lowest BCUT2D eigenvalue weighted by Crippen LogP contribution is -2.39. The predicted molar refractivity (Wildman–Crippen MR) is 173 cm³/mol. The number of rotatable bonds is 8. The Morgan fingerprint density at radius 2 is 1.90 bits per heavy atom. The summed E-state index contributed by atoms with van der Waals surface area (Å²) in [5, 5.41) is 1.06. The Balaban J connectivity index is 1.56. The summed E-state index contributed by atoms with van der Waals surface area (Å²) in [5.74, 6) is 0.576. The lowest BCUT2D eigenvalue weighted by atomic mass is 9.96. The number of hydrogen-bond acceptors (Lipinski definition) is 7. The number of benzene rings is 3. The highest BCUT2D eigenvalue weighted by atomic mass is 127. The predicted octanol–water partition coefficient (Wildman–Crippen LogP) is 6.30. The summed E-state index contributed by atoms with van der Waals surface area (Å²) < 4.78 is 19.9. The highest BCUT2D eigenvalue weighted by molar-refractivity contribution is 14.1. The Kier molecular flexibility index (Phi) is 9.41. The number of allylic oxidation sites excluding steroid dienone is 1. The van der Waals surface area contributed by atoms with Gasteiger partial charge in [0.2, 0.25) is 0 Å². The van der Waals surface area contributed by atoms with Gasteiger partial charge in [0.25, 0.3) is 5.56 Å². The van der Waals surface area contributed by atoms with E-state index in [1.54, 1.807) is 43.7 Å². The number of fused-ring (bicyclic) bond motifs is 1. The number of carbonyl (C=O) groups is 1. The van der Waals surface area contributed by atoms with Crippen molar-refractivity contribution < 1.29 is 19.0 Å². The van der Waals surface area contributed by atoms with Crippen LogP contribution in [-0.2, 0) is 16.1 Å². The molecule has 7 nitrogen and oxygen atoms in total. The molecule has 216 valence electrons. The number of methoxy groups -OCH3 is 1. The zero-order valence-electron chi connectivity index (χ0n) is 22.8. The van der Waals surface area contributed by atoms with Crippen molar-refractivity contribution in [1.82, 2.24) is 4.57 Å². The largest absolute Gasteiger partial charge is 0.493 e. The van der Waals surface area contributed by atoms with Crippen LogP contribution in [0.2, 0.25) is 10.0 Å². The van der Waals surface area contributed by atoms with Gasteiger partial charge in [0, 0.05) is 15.6 Å². The molecule has 0 spiro atoms. The number of esters is 1. The third-order valence-corrected chi connectivity index (χ3v) is 8.94. The summed E-state index contributed by atoms with van der Waals surface area (Å²) >= 11 is 15.8. The number of nitrogens with zero attached hydrogens (tertiary/aromatic N) is 2. The first-order valence-corrected chi connectivity index (χ1v) is 15.6. The quantitative estimate of drug-likeness (QED) is 0.157. The molecule has 5 rings (SSSR count). The first-order valence-electron chi connectivity index (χ1n) is 12.9. The van der Waals surface area contributed by atoms with Gasteiger partial charge >= 0.3 is 5.97 Å². The lowest BCUT2D eigenvalue weighted by molar-refractivity contribution is -0.139. The molecule has 4 aromatic rings. The lowest BCUT2D eigenvalue weighted by Gasteiger charge is -2.24. The molecule has 0 N–H and O–H groups in total. The van der Waals surface area contributed by atoms with Crippen LogP contribution in [0.4, 0.5) is 0 Å². The average Bonchev–Trinajstić information content (AvgIpc) is 3.26. The smallest absolute Gasteiger partial charge is 0.338 e. The van der Waals surface area contributed by atoms with Crippen LogP contribution >= 0.6 is 57.1 Å². The van der Waals surface area contributed by atoms with Gasteiger partial charge in [0.1, 0.15) is 6.61 Å². The van der Waals surface area contributed by atoms with Crippen LogP contribution in [0.1, 0.15) is 36.6 Å². The van der Waals surface area contributed by atoms with Gasteiger partial charge in [0.05, 0.1) is 39.1 Å². The molecule has 1 aliphatic heterocycles. The molecular weight excluding hydrogens is 710 g/mol. The Morgan fingerprint density at radius 3 is 2.60 bits per heavy atom. The summed E-state index contributed by atoms with van der Waals surface area (Å²) in [5.41, 5.74) is 2.94. The second-order valence-electron chi connectivity index (χ2n) is 9.27. The van der Waals surface area contributed by atoms with Crippen LogP contribution < -0.4 is 24.4 Å². The maximum Gasteiger partial charge on any atom is 0.338 e. The second-order valence-corrected chi connectivity index (χ2v) is 12.3. The van der Waals surface area contributed by atoms with Gasteiger partial charge in [-0.25, -0.2) is 9.79 Å². The fraction of sp³-hybridized carbons (Fsp3) is 0.194. The topological polar surface area (TPSA) is 79.1 Å². The fourth-order valence-corrected chi connectivity index (χ4v) is 6.94. The average molecular weight is 735 g/mol. The van der Waals surface area contributed by atoms with Crippen LogP contribution in [-0.4, -0.2) is 24.3 Å². The maximum absolute atomic E-state index is 13.9. The van der Waals surface area contributed by atoms with E-state index in [9.17, 15) is 9.59 Å². The van der Waals surface area contributed by atoms with Crippen molar-refractivity contribution in [2.24, 2.45) is 4.99 Å². The molecule has 1 unspecified atom stereocenters. The first kappa shape index (κ1) is 30.3. The summed E-state index contributed by atoms with van der Waals surface area (Å²) in [7, 11) is 1.56. The Labute approximate surface area is 269 Å². The van der Waals surface area contributed by atoms with E-state index in [2.05, 4.69) is 27.6 Å². The van der Waals surface area contributed by atoms with Crippen molar-refractivity contribution in [3.05, 3.63) is 122 Å². The number of thiazole rings is 1. The zero-order valence-corrected chi connectivity index (χ0v) is 27.3. The van der Waals surface area contributed by atoms with Gasteiger partial charge in [-0.15, -0.1) is 0 Å². The van der Waals surface area contributed by atoms with Crippen LogP contribution in [0.15, 0.2) is 81.7 Å². The molecule has 42 heavy (non-hydrogen) atoms. The molecule has 3 aromatic carbocycles. The van der Waals surface area contributed by atoms with Gasteiger partial charge in [-0.2, -0.15) is 0 Å². The van der Waals surface area contributed by atoms with E-state index in [0.29, 0.717) is 42.1 Å². The Bertz CT molecular complexity index is 1890. The van der Waals surface area contributed by atoms with E-state index in [1.165, 1.54) is 11.3 Å². The molecule has 0 amide bonds. The maximum atomic E-state index is 13.9. The molecule has 0 fully saturated rings. The van der Waals surface area contributed by atoms with E-state index < -0.39 is 12.0 Å². The van der Waals surface area contributed by atoms with E-state index in [0.717, 1.165) is 20.3 Å². The zero-order chi connectivity index (χ0) is 30.0. The van der Waals surface area contributed by atoms with Gasteiger partial charge in [-0.1, -0.05) is 70.9 Å². The molecule has 0 saturated carbocycles. The number of carbonyl (C=O) groups excluding carboxylic acids is 1. The van der Waals surface area contributed by atoms with Gasteiger partial charge in [-0.05, 0) is 77.9 Å². The highest BCUT2D eigenvalue weighted by Crippen LogP contribution is 2.36. The SMILES string of the molecule is CCOC(=O)C1=C(C)N=c2sc(=Cc3cc(I)c(OCc4ccc(Cl)cc4Cl)c(OC)c3)c(=O)n2C1c1ccccc1. The molecule has 0 saturated heterocycles. The molecule has 0 bridgehead atoms. The summed E-state index contributed by atoms with van der Waals surface area (Å²) in [6.07, 6.45) is 1.79.